The van der Waals surface area contributed by atoms with Crippen LogP contribution in [0.3, 0.4) is 0 Å². The minimum absolute atomic E-state index is 0.102. The highest BCUT2D eigenvalue weighted by Gasteiger charge is 2.24. The van der Waals surface area contributed by atoms with Crippen molar-refractivity contribution >= 4 is 12.4 Å². The van der Waals surface area contributed by atoms with Crippen LogP contribution in [0.5, 0.6) is 0 Å². The van der Waals surface area contributed by atoms with E-state index in [1.807, 2.05) is 0 Å². The second-order valence-electron chi connectivity index (χ2n) is 5.18. The molecule has 1 aliphatic heterocycles. The van der Waals surface area contributed by atoms with E-state index in [9.17, 15) is 9.59 Å². The van der Waals surface area contributed by atoms with Gasteiger partial charge in [-0.3, -0.25) is 14.9 Å². The largest absolute Gasteiger partial charge is 0.410 e. The van der Waals surface area contributed by atoms with E-state index in [1.165, 1.54) is 12.8 Å². The minimum Gasteiger partial charge on any atom is -0.410 e. The van der Waals surface area contributed by atoms with Crippen LogP contribution in [-0.4, -0.2) is 18.4 Å². The number of carbonyl (C=O) groups is 2. The van der Waals surface area contributed by atoms with Crippen molar-refractivity contribution in [3.8, 4) is 0 Å². The first-order valence-corrected chi connectivity index (χ1v) is 6.59. The maximum atomic E-state index is 11.3. The topological polar surface area (TPSA) is 67.4 Å². The van der Waals surface area contributed by atoms with E-state index >= 15 is 0 Å². The molecule has 2 unspecified atom stereocenters. The van der Waals surface area contributed by atoms with E-state index < -0.39 is 0 Å². The van der Waals surface area contributed by atoms with Gasteiger partial charge in [-0.1, -0.05) is 19.8 Å². The van der Waals surface area contributed by atoms with E-state index in [-0.39, 0.29) is 11.8 Å². The number of allylic oxidation sites excluding steroid dienone is 1. The van der Waals surface area contributed by atoms with Crippen molar-refractivity contribution < 1.29 is 14.3 Å². The Labute approximate surface area is 107 Å². The van der Waals surface area contributed by atoms with Crippen LogP contribution >= 0.6 is 0 Å². The van der Waals surface area contributed by atoms with Gasteiger partial charge in [0.25, 0.3) is 6.47 Å². The third-order valence-corrected chi connectivity index (χ3v) is 3.61. The number of hydrogen-bond acceptors (Lipinski definition) is 4. The molecule has 0 aromatic rings. The number of amides is 1. The van der Waals surface area contributed by atoms with Crippen LogP contribution in [0.2, 0.25) is 0 Å². The van der Waals surface area contributed by atoms with Gasteiger partial charge in [-0.15, -0.1) is 0 Å². The van der Waals surface area contributed by atoms with Crippen molar-refractivity contribution in [2.75, 3.05) is 0 Å². The number of carbonyl (C=O) groups excluding carboxylic acids is 2. The Balaban J connectivity index is 2.02. The van der Waals surface area contributed by atoms with Gasteiger partial charge in [0.15, 0.2) is 0 Å². The van der Waals surface area contributed by atoms with Crippen LogP contribution in [0.15, 0.2) is 11.6 Å². The van der Waals surface area contributed by atoms with E-state index in [1.54, 1.807) is 0 Å². The summed E-state index contributed by atoms with van der Waals surface area (Å²) in [5.74, 6) is 0.902. The lowest BCUT2D eigenvalue weighted by atomic mass is 9.87. The highest BCUT2D eigenvalue weighted by atomic mass is 16.5. The second kappa shape index (κ2) is 5.89. The molecule has 2 aliphatic rings. The average Bonchev–Trinajstić information content (AvgIpc) is 2.33. The zero-order valence-corrected chi connectivity index (χ0v) is 10.7. The molecule has 5 nitrogen and oxygen atoms in total. The van der Waals surface area contributed by atoms with Crippen LogP contribution in [0, 0.1) is 5.92 Å². The van der Waals surface area contributed by atoms with Gasteiger partial charge >= 0.3 is 0 Å². The monoisotopic (exact) mass is 252 g/mol. The Bertz CT molecular complexity index is 365. The number of ether oxygens (including phenoxy) is 1. The predicted molar refractivity (Wildman–Crippen MR) is 66.1 cm³/mol. The number of rotatable bonds is 4. The molecule has 0 spiro atoms. The van der Waals surface area contributed by atoms with E-state index in [0.717, 1.165) is 24.5 Å². The molecule has 2 atom stereocenters. The molecular weight excluding hydrogens is 232 g/mol. The van der Waals surface area contributed by atoms with Gasteiger partial charge < -0.3 is 10.1 Å². The standard InChI is InChI=1S/C13H20N2O3/c1-9-3-2-4-10(7-9)14-11-5-6-12(17)15-13(11)18-8-16/h8-10,14H,2-7H2,1H3,(H,15,17). The Hall–Kier alpha value is -1.52. The van der Waals surface area contributed by atoms with Gasteiger partial charge in [0.2, 0.25) is 11.8 Å². The Morgan fingerprint density at radius 1 is 1.39 bits per heavy atom. The summed E-state index contributed by atoms with van der Waals surface area (Å²) in [6.07, 6.45) is 5.83. The first-order valence-electron chi connectivity index (χ1n) is 6.59. The summed E-state index contributed by atoms with van der Waals surface area (Å²) in [6.45, 7) is 2.61. The number of nitrogens with one attached hydrogen (secondary N) is 2. The third kappa shape index (κ3) is 3.24. The van der Waals surface area contributed by atoms with Crippen LogP contribution in [0.25, 0.3) is 0 Å². The Morgan fingerprint density at radius 3 is 2.94 bits per heavy atom. The fourth-order valence-electron chi connectivity index (χ4n) is 2.71. The van der Waals surface area contributed by atoms with Crippen LogP contribution in [-0.2, 0) is 14.3 Å². The van der Waals surface area contributed by atoms with E-state index in [2.05, 4.69) is 17.6 Å². The highest BCUT2D eigenvalue weighted by Crippen LogP contribution is 2.25. The van der Waals surface area contributed by atoms with Crippen molar-refractivity contribution in [3.63, 3.8) is 0 Å². The van der Waals surface area contributed by atoms with Crippen LogP contribution in [0.4, 0.5) is 0 Å². The quantitative estimate of drug-likeness (QED) is 0.742. The maximum absolute atomic E-state index is 11.3. The van der Waals surface area contributed by atoms with Gasteiger partial charge in [0.05, 0.1) is 5.70 Å². The smallest absolute Gasteiger partial charge is 0.299 e. The molecule has 2 N–H and O–H groups in total. The summed E-state index contributed by atoms with van der Waals surface area (Å²) < 4.78 is 4.84. The van der Waals surface area contributed by atoms with Crippen molar-refractivity contribution in [1.29, 1.82) is 0 Å². The molecule has 1 fully saturated rings. The normalized spacial score (nSPS) is 28.6. The molecule has 100 valence electrons. The average molecular weight is 252 g/mol. The lowest BCUT2D eigenvalue weighted by Gasteiger charge is -2.30. The molecule has 1 saturated carbocycles. The zero-order chi connectivity index (χ0) is 13.0. The lowest BCUT2D eigenvalue weighted by Crippen LogP contribution is -2.39. The van der Waals surface area contributed by atoms with Gasteiger partial charge in [-0.25, -0.2) is 0 Å². The zero-order valence-electron chi connectivity index (χ0n) is 10.7. The van der Waals surface area contributed by atoms with Crippen molar-refractivity contribution in [3.05, 3.63) is 11.6 Å². The first kappa shape index (κ1) is 12.9. The lowest BCUT2D eigenvalue weighted by molar-refractivity contribution is -0.128. The summed E-state index contributed by atoms with van der Waals surface area (Å²) in [5, 5.41) is 6.02. The van der Waals surface area contributed by atoms with Gasteiger partial charge in [0.1, 0.15) is 0 Å². The summed E-state index contributed by atoms with van der Waals surface area (Å²) in [7, 11) is 0. The summed E-state index contributed by atoms with van der Waals surface area (Å²) in [4.78, 5) is 21.7. The summed E-state index contributed by atoms with van der Waals surface area (Å²) in [5.41, 5.74) is 0.848. The molecule has 1 amide bonds. The summed E-state index contributed by atoms with van der Waals surface area (Å²) >= 11 is 0. The Kier molecular flexibility index (Phi) is 4.23. The molecule has 0 saturated heterocycles. The molecule has 0 aromatic carbocycles. The predicted octanol–water partition coefficient (Wildman–Crippen LogP) is 1.41. The molecule has 0 bridgehead atoms. The minimum atomic E-state index is -0.102. The second-order valence-corrected chi connectivity index (χ2v) is 5.18. The molecule has 5 heteroatoms. The highest BCUT2D eigenvalue weighted by molar-refractivity contribution is 5.79. The molecule has 0 aromatic heterocycles. The Morgan fingerprint density at radius 2 is 2.22 bits per heavy atom. The third-order valence-electron chi connectivity index (χ3n) is 3.61. The fraction of sp³-hybridized carbons (Fsp3) is 0.692. The van der Waals surface area contributed by atoms with Gasteiger partial charge in [0, 0.05) is 18.9 Å². The summed E-state index contributed by atoms with van der Waals surface area (Å²) in [6, 6.07) is 0.420. The maximum Gasteiger partial charge on any atom is 0.299 e. The van der Waals surface area contributed by atoms with Crippen LogP contribution < -0.4 is 10.6 Å². The van der Waals surface area contributed by atoms with E-state index in [4.69, 9.17) is 4.74 Å². The van der Waals surface area contributed by atoms with Crippen molar-refractivity contribution in [2.45, 2.75) is 51.5 Å². The molecular formula is C13H20N2O3. The molecule has 2 rings (SSSR count). The van der Waals surface area contributed by atoms with Gasteiger partial charge in [-0.2, -0.15) is 0 Å². The SMILES string of the molecule is CC1CCCC(NC2=C(OC=O)NC(=O)CC2)C1. The van der Waals surface area contributed by atoms with E-state index in [0.29, 0.717) is 25.4 Å². The molecule has 0 radical (unpaired) electrons. The van der Waals surface area contributed by atoms with Crippen molar-refractivity contribution in [2.24, 2.45) is 5.92 Å². The fourth-order valence-corrected chi connectivity index (χ4v) is 2.71. The molecule has 1 aliphatic carbocycles. The number of hydrogen-bond donors (Lipinski definition) is 2. The molecule has 18 heavy (non-hydrogen) atoms. The van der Waals surface area contributed by atoms with Crippen LogP contribution in [0.1, 0.15) is 45.4 Å². The van der Waals surface area contributed by atoms with Gasteiger partial charge in [-0.05, 0) is 18.8 Å². The molecule has 1 heterocycles. The first-order chi connectivity index (χ1) is 8.69. The van der Waals surface area contributed by atoms with Crippen molar-refractivity contribution in [1.82, 2.24) is 10.6 Å².